The number of ether oxygens (including phenoxy) is 2. The van der Waals surface area contributed by atoms with E-state index in [9.17, 15) is 37.1 Å². The van der Waals surface area contributed by atoms with E-state index < -0.39 is 48.3 Å². The number of fused-ring (bicyclic) bond motifs is 1. The predicted molar refractivity (Wildman–Crippen MR) is 204 cm³/mol. The van der Waals surface area contributed by atoms with Gasteiger partial charge in [0.25, 0.3) is 17.7 Å². The molecule has 18 nitrogen and oxygen atoms in total. The van der Waals surface area contributed by atoms with Gasteiger partial charge in [-0.3, -0.25) is 38.9 Å². The summed E-state index contributed by atoms with van der Waals surface area (Å²) in [6.45, 7) is 2.25. The Kier molecular flexibility index (Phi) is 14.0. The van der Waals surface area contributed by atoms with Crippen LogP contribution in [0, 0.1) is 0 Å². The Morgan fingerprint density at radius 2 is 1.75 bits per heavy atom. The van der Waals surface area contributed by atoms with Crippen molar-refractivity contribution in [3.8, 4) is 11.5 Å². The summed E-state index contributed by atoms with van der Waals surface area (Å²) in [6.07, 6.45) is 1.92. The first kappa shape index (κ1) is 42.4. The lowest BCUT2D eigenvalue weighted by Crippen LogP contribution is -2.54. The summed E-state index contributed by atoms with van der Waals surface area (Å²) in [5.41, 5.74) is 2.30. The molecule has 4 aromatic rings. The second kappa shape index (κ2) is 19.5. The summed E-state index contributed by atoms with van der Waals surface area (Å²) in [5.74, 6) is -2.73. The number of hydrogen-bond acceptors (Lipinski definition) is 14. The van der Waals surface area contributed by atoms with Crippen molar-refractivity contribution in [3.63, 3.8) is 0 Å². The van der Waals surface area contributed by atoms with Gasteiger partial charge in [0.05, 0.1) is 22.5 Å². The van der Waals surface area contributed by atoms with Crippen LogP contribution in [0.1, 0.15) is 69.0 Å². The quantitative estimate of drug-likeness (QED) is 0.0600. The lowest BCUT2D eigenvalue weighted by molar-refractivity contribution is -0.136. The van der Waals surface area contributed by atoms with E-state index in [0.717, 1.165) is 17.6 Å². The number of pyridine rings is 1. The number of halogens is 3. The molecule has 0 radical (unpaired) electrons. The number of rotatable bonds is 21. The third kappa shape index (κ3) is 11.3. The molecule has 6 rings (SSSR count). The first-order chi connectivity index (χ1) is 28.4. The highest BCUT2D eigenvalue weighted by Gasteiger charge is 2.45. The van der Waals surface area contributed by atoms with Gasteiger partial charge in [0.15, 0.2) is 5.69 Å². The van der Waals surface area contributed by atoms with Crippen LogP contribution in [-0.4, -0.2) is 112 Å². The first-order valence-corrected chi connectivity index (χ1v) is 18.9. The van der Waals surface area contributed by atoms with Crippen molar-refractivity contribution in [2.75, 3.05) is 62.0 Å². The SMILES string of the molecule is Cn1cc(NC(=O)c2coc(-c3ccnc(NCC(F)(F)F)c3)n2)c(CNCCCOCCCOCCCNc2cccc3c2C(=O)N(C2CCC(=O)NC2=O)C3=O)n1. The molecule has 2 aliphatic heterocycles. The van der Waals surface area contributed by atoms with E-state index in [1.54, 1.807) is 36.1 Å². The highest BCUT2D eigenvalue weighted by molar-refractivity contribution is 6.25. The summed E-state index contributed by atoms with van der Waals surface area (Å²) in [4.78, 5) is 72.1. The Balaban J connectivity index is 0.819. The number of benzene rings is 1. The molecule has 1 unspecified atom stereocenters. The van der Waals surface area contributed by atoms with E-state index in [2.05, 4.69) is 41.7 Å². The molecule has 0 bridgehead atoms. The number of aryl methyl sites for hydroxylation is 1. The van der Waals surface area contributed by atoms with E-state index >= 15 is 0 Å². The summed E-state index contributed by atoms with van der Waals surface area (Å²) < 4.78 is 56.1. The van der Waals surface area contributed by atoms with Crippen LogP contribution in [0.2, 0.25) is 0 Å². The van der Waals surface area contributed by atoms with Crippen molar-refractivity contribution in [2.24, 2.45) is 7.05 Å². The fourth-order valence-corrected chi connectivity index (χ4v) is 6.35. The van der Waals surface area contributed by atoms with Crippen LogP contribution in [0.25, 0.3) is 11.5 Å². The molecule has 3 aromatic heterocycles. The number of aromatic nitrogens is 4. The fraction of sp³-hybridized carbons (Fsp3) is 0.421. The molecule has 0 aliphatic carbocycles. The normalized spacial score (nSPS) is 15.4. The van der Waals surface area contributed by atoms with Crippen LogP contribution in [-0.2, 0) is 32.7 Å². The zero-order valence-electron chi connectivity index (χ0n) is 32.0. The molecule has 1 saturated heterocycles. The minimum absolute atomic E-state index is 0.0213. The molecule has 59 heavy (non-hydrogen) atoms. The minimum Gasteiger partial charge on any atom is -0.444 e. The third-order valence-corrected chi connectivity index (χ3v) is 9.13. The molecule has 5 amide bonds. The number of imide groups is 2. The Bertz CT molecular complexity index is 2160. The minimum atomic E-state index is -4.41. The maximum absolute atomic E-state index is 13.2. The van der Waals surface area contributed by atoms with E-state index in [0.29, 0.717) is 81.5 Å². The van der Waals surface area contributed by atoms with Gasteiger partial charge in [-0.05, 0) is 56.5 Å². The maximum Gasteiger partial charge on any atom is 0.405 e. The zero-order chi connectivity index (χ0) is 41.9. The summed E-state index contributed by atoms with van der Waals surface area (Å²) in [5, 5.41) is 18.0. The van der Waals surface area contributed by atoms with Gasteiger partial charge in [0.2, 0.25) is 17.7 Å². The van der Waals surface area contributed by atoms with Crippen molar-refractivity contribution in [3.05, 3.63) is 71.5 Å². The van der Waals surface area contributed by atoms with Gasteiger partial charge in [0.1, 0.15) is 24.7 Å². The highest BCUT2D eigenvalue weighted by Crippen LogP contribution is 2.32. The monoisotopic (exact) mass is 824 g/mol. The number of amides is 5. The van der Waals surface area contributed by atoms with Gasteiger partial charge in [-0.2, -0.15) is 18.3 Å². The molecule has 1 fully saturated rings. The topological polar surface area (TPSA) is 224 Å². The molecule has 2 aliphatic rings. The predicted octanol–water partition coefficient (Wildman–Crippen LogP) is 3.50. The van der Waals surface area contributed by atoms with Crippen molar-refractivity contribution in [2.45, 2.75) is 50.9 Å². The van der Waals surface area contributed by atoms with Gasteiger partial charge in [-0.15, -0.1) is 0 Å². The van der Waals surface area contributed by atoms with E-state index in [1.165, 1.54) is 18.3 Å². The molecule has 1 aromatic carbocycles. The molecule has 5 N–H and O–H groups in total. The number of hydrogen-bond donors (Lipinski definition) is 5. The number of carbonyl (C=O) groups excluding carboxylic acids is 5. The molecule has 0 saturated carbocycles. The van der Waals surface area contributed by atoms with Crippen molar-refractivity contribution in [1.29, 1.82) is 0 Å². The van der Waals surface area contributed by atoms with Crippen LogP contribution < -0.4 is 26.6 Å². The molecule has 314 valence electrons. The Labute approximate surface area is 335 Å². The number of anilines is 3. The van der Waals surface area contributed by atoms with Gasteiger partial charge in [-0.1, -0.05) is 6.07 Å². The average molecular weight is 825 g/mol. The second-order valence-corrected chi connectivity index (χ2v) is 13.6. The smallest absolute Gasteiger partial charge is 0.405 e. The van der Waals surface area contributed by atoms with Crippen LogP contribution in [0.5, 0.6) is 0 Å². The van der Waals surface area contributed by atoms with Crippen molar-refractivity contribution in [1.82, 2.24) is 35.3 Å². The molecule has 0 spiro atoms. The zero-order valence-corrected chi connectivity index (χ0v) is 32.0. The number of nitrogens with one attached hydrogen (secondary N) is 5. The van der Waals surface area contributed by atoms with Gasteiger partial charge < -0.3 is 35.2 Å². The lowest BCUT2D eigenvalue weighted by atomic mass is 10.0. The number of carbonyl (C=O) groups is 5. The fourth-order valence-electron chi connectivity index (χ4n) is 6.35. The summed E-state index contributed by atoms with van der Waals surface area (Å²) in [7, 11) is 1.72. The Hall–Kier alpha value is -6.19. The van der Waals surface area contributed by atoms with E-state index in [4.69, 9.17) is 13.9 Å². The molecule has 21 heteroatoms. The van der Waals surface area contributed by atoms with Crippen LogP contribution in [0.3, 0.4) is 0 Å². The molecule has 5 heterocycles. The van der Waals surface area contributed by atoms with Gasteiger partial charge >= 0.3 is 6.18 Å². The number of piperidine rings is 1. The number of nitrogens with zero attached hydrogens (tertiary/aromatic N) is 5. The maximum atomic E-state index is 13.2. The third-order valence-electron chi connectivity index (χ3n) is 9.13. The molecule has 1 atom stereocenters. The van der Waals surface area contributed by atoms with E-state index in [-0.39, 0.29) is 41.4 Å². The van der Waals surface area contributed by atoms with Crippen LogP contribution in [0.4, 0.5) is 30.4 Å². The summed E-state index contributed by atoms with van der Waals surface area (Å²) in [6, 6.07) is 6.74. The molecular weight excluding hydrogens is 781 g/mol. The Morgan fingerprint density at radius 1 is 0.983 bits per heavy atom. The summed E-state index contributed by atoms with van der Waals surface area (Å²) >= 11 is 0. The van der Waals surface area contributed by atoms with Gasteiger partial charge in [0, 0.05) is 76.6 Å². The standard InChI is InChI=1S/C38H43F3N10O8/c1-50-20-27(46-33(53)28-21-59-35(47-28)23-10-13-44-30(18-23)45-22-38(39,40)41)26(49-50)19-42-11-3-14-57-16-5-17-58-15-4-12-43-25-7-2-6-24-32(25)37(56)51(36(24)55)29-8-9-31(52)48-34(29)54/h2,6-7,10,13,18,20-21,29,42-43H,3-5,8-9,11-12,14-17,19,22H2,1H3,(H,44,45)(H,46,53)(H,48,52,54). The first-order valence-electron chi connectivity index (χ1n) is 18.9. The van der Waals surface area contributed by atoms with Crippen molar-refractivity contribution >= 4 is 46.7 Å². The second-order valence-electron chi connectivity index (χ2n) is 13.6. The highest BCUT2D eigenvalue weighted by atomic mass is 19.4. The molecular formula is C38H43F3N10O8. The Morgan fingerprint density at radius 3 is 2.51 bits per heavy atom. The number of oxazole rings is 1. The van der Waals surface area contributed by atoms with Crippen molar-refractivity contribution < 1.29 is 51.0 Å². The number of alkyl halides is 3. The average Bonchev–Trinajstić information content (AvgIpc) is 3.90. The van der Waals surface area contributed by atoms with Gasteiger partial charge in [-0.25, -0.2) is 9.97 Å². The van der Waals surface area contributed by atoms with Crippen LogP contribution in [0.15, 0.2) is 53.4 Å². The lowest BCUT2D eigenvalue weighted by Gasteiger charge is -2.27. The van der Waals surface area contributed by atoms with Crippen LogP contribution >= 0.6 is 0 Å². The van der Waals surface area contributed by atoms with E-state index in [1.807, 2.05) is 0 Å². The largest absolute Gasteiger partial charge is 0.444 e.